The molecule has 5 nitrogen and oxygen atoms in total. The van der Waals surface area contributed by atoms with E-state index in [9.17, 15) is 9.50 Å². The van der Waals surface area contributed by atoms with E-state index in [1.54, 1.807) is 6.07 Å². The van der Waals surface area contributed by atoms with E-state index in [4.69, 9.17) is 0 Å². The number of piperazine rings is 1. The zero-order valence-corrected chi connectivity index (χ0v) is 15.0. The third kappa shape index (κ3) is 4.45. The van der Waals surface area contributed by atoms with Gasteiger partial charge in [0.25, 0.3) is 0 Å². The van der Waals surface area contributed by atoms with Crippen LogP contribution < -0.4 is 10.2 Å². The largest absolute Gasteiger partial charge is 0.505 e. The van der Waals surface area contributed by atoms with Crippen molar-refractivity contribution in [2.24, 2.45) is 4.99 Å². The summed E-state index contributed by atoms with van der Waals surface area (Å²) in [7, 11) is 0. The standard InChI is InChI=1S/C20H25FN4O/c1-2-22-20(23-15-16-8-9-19(26)18(21)14-16)25-12-10-24(11-13-25)17-6-4-3-5-7-17/h3-9,14,26H,2,10-13,15H2,1H3,(H,22,23). The molecule has 2 aromatic carbocycles. The first-order chi connectivity index (χ1) is 12.7. The van der Waals surface area contributed by atoms with Gasteiger partial charge in [0.05, 0.1) is 6.54 Å². The summed E-state index contributed by atoms with van der Waals surface area (Å²) in [6.45, 7) is 6.82. The molecule has 0 aromatic heterocycles. The van der Waals surface area contributed by atoms with Gasteiger partial charge in [0.15, 0.2) is 17.5 Å². The molecule has 0 unspecified atom stereocenters. The summed E-state index contributed by atoms with van der Waals surface area (Å²) in [5, 5.41) is 12.6. The first kappa shape index (κ1) is 18.0. The molecule has 0 aliphatic carbocycles. The minimum absolute atomic E-state index is 0.332. The van der Waals surface area contributed by atoms with Crippen LogP contribution in [0.5, 0.6) is 5.75 Å². The maximum atomic E-state index is 13.5. The number of para-hydroxylation sites is 1. The highest BCUT2D eigenvalue weighted by molar-refractivity contribution is 5.80. The molecule has 2 aromatic rings. The molecule has 138 valence electrons. The molecule has 0 amide bonds. The van der Waals surface area contributed by atoms with Crippen LogP contribution in [0.4, 0.5) is 10.1 Å². The average Bonchev–Trinajstić information content (AvgIpc) is 2.68. The fraction of sp³-hybridized carbons (Fsp3) is 0.350. The minimum Gasteiger partial charge on any atom is -0.505 e. The second kappa shape index (κ2) is 8.56. The van der Waals surface area contributed by atoms with Crippen molar-refractivity contribution in [3.05, 3.63) is 59.9 Å². The summed E-state index contributed by atoms with van der Waals surface area (Å²) >= 11 is 0. The lowest BCUT2D eigenvalue weighted by atomic mass is 10.2. The first-order valence-electron chi connectivity index (χ1n) is 8.98. The van der Waals surface area contributed by atoms with E-state index in [0.29, 0.717) is 6.54 Å². The SMILES string of the molecule is CCNC(=NCc1ccc(O)c(F)c1)N1CCN(c2ccccc2)CC1. The van der Waals surface area contributed by atoms with Crippen molar-refractivity contribution in [2.75, 3.05) is 37.6 Å². The smallest absolute Gasteiger partial charge is 0.194 e. The molecule has 1 fully saturated rings. The summed E-state index contributed by atoms with van der Waals surface area (Å²) in [5.74, 6) is -0.102. The summed E-state index contributed by atoms with van der Waals surface area (Å²) < 4.78 is 13.5. The molecule has 0 bridgehead atoms. The zero-order valence-electron chi connectivity index (χ0n) is 15.0. The number of anilines is 1. The van der Waals surface area contributed by atoms with Gasteiger partial charge in [-0.2, -0.15) is 0 Å². The Morgan fingerprint density at radius 1 is 1.12 bits per heavy atom. The van der Waals surface area contributed by atoms with Crippen LogP contribution >= 0.6 is 0 Å². The van der Waals surface area contributed by atoms with E-state index in [-0.39, 0.29) is 5.75 Å². The molecular formula is C20H25FN4O. The average molecular weight is 356 g/mol. The van der Waals surface area contributed by atoms with Crippen molar-refractivity contribution in [2.45, 2.75) is 13.5 Å². The maximum Gasteiger partial charge on any atom is 0.194 e. The van der Waals surface area contributed by atoms with Gasteiger partial charge in [-0.05, 0) is 36.8 Å². The van der Waals surface area contributed by atoms with E-state index in [2.05, 4.69) is 44.4 Å². The van der Waals surface area contributed by atoms with E-state index >= 15 is 0 Å². The number of halogens is 1. The summed E-state index contributed by atoms with van der Waals surface area (Å²) in [5.41, 5.74) is 1.98. The Hall–Kier alpha value is -2.76. The van der Waals surface area contributed by atoms with E-state index in [1.165, 1.54) is 17.8 Å². The van der Waals surface area contributed by atoms with Gasteiger partial charge in [0.1, 0.15) is 0 Å². The number of phenols is 1. The van der Waals surface area contributed by atoms with Crippen molar-refractivity contribution in [1.82, 2.24) is 10.2 Å². The molecule has 1 saturated heterocycles. The van der Waals surface area contributed by atoms with Crippen molar-refractivity contribution >= 4 is 11.6 Å². The molecule has 1 aliphatic rings. The van der Waals surface area contributed by atoms with Gasteiger partial charge < -0.3 is 20.2 Å². The fourth-order valence-corrected chi connectivity index (χ4v) is 3.06. The molecule has 0 saturated carbocycles. The normalized spacial score (nSPS) is 15.2. The Bertz CT molecular complexity index is 743. The van der Waals surface area contributed by atoms with Gasteiger partial charge in [-0.25, -0.2) is 9.38 Å². The van der Waals surface area contributed by atoms with E-state index in [0.717, 1.165) is 44.2 Å². The molecule has 0 radical (unpaired) electrons. The number of aromatic hydroxyl groups is 1. The zero-order chi connectivity index (χ0) is 18.4. The van der Waals surface area contributed by atoms with Gasteiger partial charge >= 0.3 is 0 Å². The van der Waals surface area contributed by atoms with Crippen molar-refractivity contribution in [3.8, 4) is 5.75 Å². The van der Waals surface area contributed by atoms with E-state index in [1.807, 2.05) is 13.0 Å². The number of hydrogen-bond donors (Lipinski definition) is 2. The molecule has 0 atom stereocenters. The van der Waals surface area contributed by atoms with Crippen molar-refractivity contribution in [1.29, 1.82) is 0 Å². The Morgan fingerprint density at radius 3 is 2.50 bits per heavy atom. The second-order valence-electron chi connectivity index (χ2n) is 6.27. The lowest BCUT2D eigenvalue weighted by molar-refractivity contribution is 0.372. The highest BCUT2D eigenvalue weighted by Crippen LogP contribution is 2.18. The number of benzene rings is 2. The minimum atomic E-state index is -0.612. The molecule has 1 heterocycles. The molecule has 2 N–H and O–H groups in total. The van der Waals surface area contributed by atoms with Gasteiger partial charge in [-0.15, -0.1) is 0 Å². The highest BCUT2D eigenvalue weighted by atomic mass is 19.1. The van der Waals surface area contributed by atoms with Gasteiger partial charge in [-0.1, -0.05) is 24.3 Å². The van der Waals surface area contributed by atoms with Crippen LogP contribution in [0, 0.1) is 5.82 Å². The summed E-state index contributed by atoms with van der Waals surface area (Å²) in [6.07, 6.45) is 0. The lowest BCUT2D eigenvalue weighted by Gasteiger charge is -2.37. The quantitative estimate of drug-likeness (QED) is 0.653. The van der Waals surface area contributed by atoms with Gasteiger partial charge in [0.2, 0.25) is 0 Å². The van der Waals surface area contributed by atoms with Gasteiger partial charge in [-0.3, -0.25) is 0 Å². The Morgan fingerprint density at radius 2 is 1.85 bits per heavy atom. The van der Waals surface area contributed by atoms with Crippen molar-refractivity contribution in [3.63, 3.8) is 0 Å². The number of guanidine groups is 1. The molecule has 26 heavy (non-hydrogen) atoms. The van der Waals surface area contributed by atoms with Crippen LogP contribution in [0.25, 0.3) is 0 Å². The first-order valence-corrected chi connectivity index (χ1v) is 8.98. The third-order valence-corrected chi connectivity index (χ3v) is 4.46. The number of aliphatic imine (C=N–C) groups is 1. The number of hydrogen-bond acceptors (Lipinski definition) is 3. The lowest BCUT2D eigenvalue weighted by Crippen LogP contribution is -2.52. The molecule has 0 spiro atoms. The summed E-state index contributed by atoms with van der Waals surface area (Å²) in [6, 6.07) is 14.8. The molecule has 1 aliphatic heterocycles. The maximum absolute atomic E-state index is 13.5. The molecule has 6 heteroatoms. The number of nitrogens with one attached hydrogen (secondary N) is 1. The van der Waals surface area contributed by atoms with Crippen LogP contribution in [0.3, 0.4) is 0 Å². The van der Waals surface area contributed by atoms with E-state index < -0.39 is 5.82 Å². The van der Waals surface area contributed by atoms with Crippen LogP contribution in [0.15, 0.2) is 53.5 Å². The van der Waals surface area contributed by atoms with Crippen LogP contribution in [0.2, 0.25) is 0 Å². The van der Waals surface area contributed by atoms with Crippen LogP contribution in [-0.2, 0) is 6.54 Å². The predicted molar refractivity (Wildman–Crippen MR) is 103 cm³/mol. The Balaban J connectivity index is 1.63. The molecule has 3 rings (SSSR count). The third-order valence-electron chi connectivity index (χ3n) is 4.46. The number of nitrogens with zero attached hydrogens (tertiary/aromatic N) is 3. The fourth-order valence-electron chi connectivity index (χ4n) is 3.06. The Kier molecular flexibility index (Phi) is 5.94. The summed E-state index contributed by atoms with van der Waals surface area (Å²) in [4.78, 5) is 9.25. The van der Waals surface area contributed by atoms with Crippen molar-refractivity contribution < 1.29 is 9.50 Å². The Labute approximate surface area is 153 Å². The topological polar surface area (TPSA) is 51.1 Å². The van der Waals surface area contributed by atoms with Crippen LogP contribution in [0.1, 0.15) is 12.5 Å². The predicted octanol–water partition coefficient (Wildman–Crippen LogP) is 2.82. The second-order valence-corrected chi connectivity index (χ2v) is 6.27. The number of rotatable bonds is 4. The monoisotopic (exact) mass is 356 g/mol. The number of phenolic OH excluding ortho intramolecular Hbond substituents is 1. The molecular weight excluding hydrogens is 331 g/mol. The van der Waals surface area contributed by atoms with Gasteiger partial charge in [0, 0.05) is 38.4 Å². The van der Waals surface area contributed by atoms with Crippen LogP contribution in [-0.4, -0.2) is 48.7 Å². The highest BCUT2D eigenvalue weighted by Gasteiger charge is 2.19.